The Morgan fingerprint density at radius 2 is 1.91 bits per heavy atom. The summed E-state index contributed by atoms with van der Waals surface area (Å²) in [6.07, 6.45) is 5.65. The number of aliphatic hydroxyl groups is 1. The van der Waals surface area contributed by atoms with Crippen molar-refractivity contribution in [3.8, 4) is 0 Å². The molecule has 0 aromatic rings. The first-order valence-corrected chi connectivity index (χ1v) is 12.5. The maximum Gasteiger partial charge on any atom is 0.226 e. The second-order valence-corrected chi connectivity index (χ2v) is 10.8. The molecular weight excluding hydrogens is 408 g/mol. The summed E-state index contributed by atoms with van der Waals surface area (Å²) in [4.78, 5) is 27.7. The summed E-state index contributed by atoms with van der Waals surface area (Å²) in [5.74, 6) is 0.145. The van der Waals surface area contributed by atoms with Gasteiger partial charge in [-0.2, -0.15) is 0 Å². The van der Waals surface area contributed by atoms with E-state index < -0.39 is 6.10 Å². The molecule has 1 aliphatic heterocycles. The summed E-state index contributed by atoms with van der Waals surface area (Å²) in [7, 11) is 3.29. The van der Waals surface area contributed by atoms with E-state index in [1.54, 1.807) is 14.2 Å². The van der Waals surface area contributed by atoms with Gasteiger partial charge in [0.2, 0.25) is 11.8 Å². The molecule has 8 atom stereocenters. The third-order valence-corrected chi connectivity index (χ3v) is 8.82. The molecule has 184 valence electrons. The number of fused-ring (bicyclic) bond motifs is 1. The first kappa shape index (κ1) is 25.4. The van der Waals surface area contributed by atoms with Crippen LogP contribution in [0, 0.1) is 29.1 Å². The number of ether oxygens (including phenoxy) is 2. The van der Waals surface area contributed by atoms with Gasteiger partial charge in [0, 0.05) is 39.1 Å². The first-order chi connectivity index (χ1) is 15.2. The molecule has 32 heavy (non-hydrogen) atoms. The number of aliphatic hydroxyl groups excluding tert-OH is 1. The lowest BCUT2D eigenvalue weighted by Crippen LogP contribution is -2.58. The van der Waals surface area contributed by atoms with Crippen molar-refractivity contribution in [2.45, 2.75) is 83.9 Å². The molecular formula is C25H44N2O5. The van der Waals surface area contributed by atoms with Crippen LogP contribution in [-0.2, 0) is 19.1 Å². The van der Waals surface area contributed by atoms with Crippen LogP contribution in [0.1, 0.15) is 65.7 Å². The average molecular weight is 453 g/mol. The number of carbonyl (C=O) groups excluding carboxylic acids is 2. The second kappa shape index (κ2) is 10.8. The molecule has 3 rings (SSSR count). The van der Waals surface area contributed by atoms with Gasteiger partial charge in [-0.1, -0.05) is 20.8 Å². The molecule has 2 amide bonds. The smallest absolute Gasteiger partial charge is 0.226 e. The lowest BCUT2D eigenvalue weighted by atomic mass is 9.51. The quantitative estimate of drug-likeness (QED) is 0.591. The van der Waals surface area contributed by atoms with Crippen LogP contribution in [0.3, 0.4) is 0 Å². The molecule has 3 aliphatic rings. The molecule has 0 aromatic carbocycles. The number of amides is 2. The second-order valence-electron chi connectivity index (χ2n) is 10.8. The summed E-state index contributed by atoms with van der Waals surface area (Å²) in [5.41, 5.74) is 0.0537. The Hall–Kier alpha value is -1.18. The van der Waals surface area contributed by atoms with Crippen molar-refractivity contribution in [2.24, 2.45) is 29.1 Å². The molecule has 0 unspecified atom stereocenters. The predicted molar refractivity (Wildman–Crippen MR) is 123 cm³/mol. The number of nitrogens with one attached hydrogen (secondary N) is 1. The van der Waals surface area contributed by atoms with Gasteiger partial charge in [-0.25, -0.2) is 0 Å². The van der Waals surface area contributed by atoms with Crippen LogP contribution in [0.5, 0.6) is 0 Å². The van der Waals surface area contributed by atoms with Crippen LogP contribution in [0.15, 0.2) is 0 Å². The van der Waals surface area contributed by atoms with E-state index in [1.165, 1.54) is 0 Å². The van der Waals surface area contributed by atoms with Gasteiger partial charge in [0.25, 0.3) is 0 Å². The van der Waals surface area contributed by atoms with Gasteiger partial charge >= 0.3 is 0 Å². The van der Waals surface area contributed by atoms with Gasteiger partial charge in [-0.05, 0) is 61.7 Å². The third kappa shape index (κ3) is 5.15. The first-order valence-electron chi connectivity index (χ1n) is 12.5. The Bertz CT molecular complexity index is 658. The van der Waals surface area contributed by atoms with E-state index in [9.17, 15) is 14.7 Å². The van der Waals surface area contributed by atoms with Gasteiger partial charge in [0.15, 0.2) is 0 Å². The van der Waals surface area contributed by atoms with E-state index in [2.05, 4.69) is 19.2 Å². The Kier molecular flexibility index (Phi) is 8.61. The standard InChI is InChI=1S/C25H44N2O5/c1-16(24(30)27-13-6-7-18(27)15-32-5)19-8-11-25(3)12-9-20(17(2)22(25)23(19)29)26-21(28)10-14-31-4/h16-20,22-23,29H,6-15H2,1-5H3,(H,26,28)/t16-,17+,18+,19+,20-,22+,23-,25-/m0/s1. The van der Waals surface area contributed by atoms with Gasteiger partial charge in [-0.15, -0.1) is 0 Å². The number of hydrogen-bond donors (Lipinski definition) is 2. The molecule has 1 saturated heterocycles. The Morgan fingerprint density at radius 3 is 2.59 bits per heavy atom. The normalized spacial score (nSPS) is 38.2. The van der Waals surface area contributed by atoms with Crippen molar-refractivity contribution in [1.29, 1.82) is 0 Å². The summed E-state index contributed by atoms with van der Waals surface area (Å²) < 4.78 is 10.4. The Morgan fingerprint density at radius 1 is 1.19 bits per heavy atom. The molecule has 2 N–H and O–H groups in total. The molecule has 3 fully saturated rings. The molecule has 0 aromatic heterocycles. The fourth-order valence-corrected chi connectivity index (χ4v) is 6.91. The highest BCUT2D eigenvalue weighted by Crippen LogP contribution is 2.55. The van der Waals surface area contributed by atoms with Crippen LogP contribution in [-0.4, -0.2) is 74.0 Å². The van der Waals surface area contributed by atoms with Gasteiger partial charge in [0.05, 0.1) is 25.4 Å². The van der Waals surface area contributed by atoms with E-state index in [1.807, 2.05) is 11.8 Å². The fraction of sp³-hybridized carbons (Fsp3) is 0.920. The molecule has 0 radical (unpaired) electrons. The van der Waals surface area contributed by atoms with Crippen LogP contribution < -0.4 is 5.32 Å². The SMILES string of the molecule is COCCC(=O)N[C@H]1CC[C@]2(C)CC[C@H]([C@H](C)C(=O)N3CCC[C@@H]3COC)[C@H](O)[C@H]2[C@@H]1C. The fourth-order valence-electron chi connectivity index (χ4n) is 6.91. The van der Waals surface area contributed by atoms with Gasteiger partial charge in [-0.3, -0.25) is 9.59 Å². The van der Waals surface area contributed by atoms with Gasteiger partial charge in [0.1, 0.15) is 0 Å². The molecule has 7 heteroatoms. The van der Waals surface area contributed by atoms with E-state index in [0.29, 0.717) is 19.6 Å². The topological polar surface area (TPSA) is 88.1 Å². The Balaban J connectivity index is 1.70. The lowest BCUT2D eigenvalue weighted by molar-refractivity contribution is -0.152. The molecule has 1 heterocycles. The third-order valence-electron chi connectivity index (χ3n) is 8.82. The van der Waals surface area contributed by atoms with Crippen molar-refractivity contribution >= 4 is 11.8 Å². The summed E-state index contributed by atoms with van der Waals surface area (Å²) in [6.45, 7) is 8.23. The maximum atomic E-state index is 13.4. The average Bonchev–Trinajstić information content (AvgIpc) is 3.22. The molecule has 0 spiro atoms. The van der Waals surface area contributed by atoms with E-state index in [4.69, 9.17) is 9.47 Å². The van der Waals surface area contributed by atoms with Crippen molar-refractivity contribution in [1.82, 2.24) is 10.2 Å². The highest BCUT2D eigenvalue weighted by atomic mass is 16.5. The van der Waals surface area contributed by atoms with E-state index in [-0.39, 0.29) is 53.0 Å². The number of carbonyl (C=O) groups is 2. The van der Waals surface area contributed by atoms with Crippen LogP contribution in [0.25, 0.3) is 0 Å². The number of nitrogens with zero attached hydrogens (tertiary/aromatic N) is 1. The summed E-state index contributed by atoms with van der Waals surface area (Å²) in [6, 6.07) is 0.211. The highest BCUT2D eigenvalue weighted by Gasteiger charge is 2.54. The monoisotopic (exact) mass is 452 g/mol. The van der Waals surface area contributed by atoms with Crippen LogP contribution >= 0.6 is 0 Å². The Labute approximate surface area is 193 Å². The maximum absolute atomic E-state index is 13.4. The molecule has 2 saturated carbocycles. The summed E-state index contributed by atoms with van der Waals surface area (Å²) >= 11 is 0. The lowest BCUT2D eigenvalue weighted by Gasteiger charge is -2.56. The molecule has 2 aliphatic carbocycles. The van der Waals surface area contributed by atoms with Crippen molar-refractivity contribution in [3.05, 3.63) is 0 Å². The minimum atomic E-state index is -0.537. The van der Waals surface area contributed by atoms with E-state index in [0.717, 1.165) is 45.1 Å². The zero-order valence-corrected chi connectivity index (χ0v) is 20.6. The van der Waals surface area contributed by atoms with Crippen molar-refractivity contribution < 1.29 is 24.2 Å². The largest absolute Gasteiger partial charge is 0.392 e. The van der Waals surface area contributed by atoms with Crippen LogP contribution in [0.4, 0.5) is 0 Å². The zero-order valence-electron chi connectivity index (χ0n) is 20.6. The molecule has 0 bridgehead atoms. The number of methoxy groups -OCH3 is 2. The van der Waals surface area contributed by atoms with E-state index >= 15 is 0 Å². The highest BCUT2D eigenvalue weighted by molar-refractivity contribution is 5.79. The van der Waals surface area contributed by atoms with Gasteiger partial charge < -0.3 is 24.8 Å². The zero-order chi connectivity index (χ0) is 23.5. The minimum Gasteiger partial charge on any atom is -0.392 e. The number of hydrogen-bond acceptors (Lipinski definition) is 5. The predicted octanol–water partition coefficient (Wildman–Crippen LogP) is 2.60. The van der Waals surface area contributed by atoms with Crippen molar-refractivity contribution in [2.75, 3.05) is 34.0 Å². The minimum absolute atomic E-state index is 0.0101. The number of likely N-dealkylation sites (tertiary alicyclic amines) is 1. The summed E-state index contributed by atoms with van der Waals surface area (Å²) in [5, 5.41) is 14.8. The van der Waals surface area contributed by atoms with Crippen LogP contribution in [0.2, 0.25) is 0 Å². The van der Waals surface area contributed by atoms with Crippen molar-refractivity contribution in [3.63, 3.8) is 0 Å². The number of rotatable bonds is 8. The molecule has 7 nitrogen and oxygen atoms in total.